The van der Waals surface area contributed by atoms with Crippen LogP contribution in [0.5, 0.6) is 0 Å². The molecule has 1 aliphatic rings. The van der Waals surface area contributed by atoms with Crippen molar-refractivity contribution in [3.63, 3.8) is 0 Å². The first kappa shape index (κ1) is 12.2. The van der Waals surface area contributed by atoms with E-state index in [1.807, 2.05) is 0 Å². The maximum atomic E-state index is 10.9. The van der Waals surface area contributed by atoms with E-state index in [1.165, 1.54) is 32.1 Å². The first-order chi connectivity index (χ1) is 7.38. The van der Waals surface area contributed by atoms with Crippen LogP contribution < -0.4 is 5.48 Å². The van der Waals surface area contributed by atoms with Crippen LogP contribution in [-0.4, -0.2) is 11.5 Å². The van der Waals surface area contributed by atoms with Gasteiger partial charge in [0.2, 0.25) is 0 Å². The summed E-state index contributed by atoms with van der Waals surface area (Å²) in [5, 5.41) is 8.98. The zero-order valence-electron chi connectivity index (χ0n) is 9.30. The van der Waals surface area contributed by atoms with E-state index >= 15 is 0 Å². The summed E-state index contributed by atoms with van der Waals surface area (Å²) >= 11 is 0. The predicted molar refractivity (Wildman–Crippen MR) is 59.6 cm³/mol. The summed E-state index contributed by atoms with van der Waals surface area (Å²) in [5.74, 6) is 0. The van der Waals surface area contributed by atoms with E-state index in [0.717, 1.165) is 43.2 Å². The van der Waals surface area contributed by atoms with Gasteiger partial charge < -0.3 is 0 Å². The van der Waals surface area contributed by atoms with E-state index in [0.29, 0.717) is 0 Å². The van der Waals surface area contributed by atoms with Crippen molar-refractivity contribution in [2.24, 2.45) is 0 Å². The summed E-state index contributed by atoms with van der Waals surface area (Å²) in [5.41, 5.74) is 3.67. The lowest BCUT2D eigenvalue weighted by molar-refractivity contribution is -0.105. The number of hydrogen-bond acceptors (Lipinski definition) is 3. The molecule has 0 amide bonds. The fourth-order valence-corrected chi connectivity index (χ4v) is 2.07. The summed E-state index contributed by atoms with van der Waals surface area (Å²) in [4.78, 5) is 10.9. The molecule has 0 radical (unpaired) electrons. The highest BCUT2D eigenvalue weighted by molar-refractivity contribution is 5.74. The molecule has 0 spiro atoms. The van der Waals surface area contributed by atoms with Gasteiger partial charge in [0.25, 0.3) is 0 Å². The van der Waals surface area contributed by atoms with E-state index < -0.39 is 0 Å². The van der Waals surface area contributed by atoms with E-state index in [1.54, 1.807) is 0 Å². The van der Waals surface area contributed by atoms with Crippen LogP contribution in [0.25, 0.3) is 0 Å². The Bertz CT molecular complexity index is 224. The Balaban J connectivity index is 2.60. The number of carbonyl (C=O) groups excluding carboxylic acids is 1. The van der Waals surface area contributed by atoms with Crippen molar-refractivity contribution in [3.8, 4) is 0 Å². The summed E-state index contributed by atoms with van der Waals surface area (Å²) in [7, 11) is 0. The molecule has 0 fully saturated rings. The molecule has 3 nitrogen and oxygen atoms in total. The van der Waals surface area contributed by atoms with Crippen molar-refractivity contribution in [1.29, 1.82) is 0 Å². The third-order valence-electron chi connectivity index (χ3n) is 3.04. The number of hydroxylamine groups is 1. The highest BCUT2D eigenvalue weighted by atomic mass is 16.5. The maximum Gasteiger partial charge on any atom is 0.147 e. The molecule has 0 aromatic rings. The molecule has 0 saturated heterocycles. The maximum absolute atomic E-state index is 10.9. The van der Waals surface area contributed by atoms with Crippen molar-refractivity contribution >= 4 is 6.29 Å². The Morgan fingerprint density at radius 3 is 2.00 bits per heavy atom. The Labute approximate surface area is 91.5 Å². The van der Waals surface area contributed by atoms with Crippen molar-refractivity contribution < 1.29 is 10.0 Å². The molecule has 0 atom stereocenters. The zero-order chi connectivity index (χ0) is 10.9. The molecule has 3 heteroatoms. The number of hydrogen-bond donors (Lipinski definition) is 2. The Morgan fingerprint density at radius 1 is 0.933 bits per heavy atom. The monoisotopic (exact) mass is 211 g/mol. The average molecular weight is 211 g/mol. The summed E-state index contributed by atoms with van der Waals surface area (Å²) in [6.07, 6.45) is 10.8. The molecule has 0 heterocycles. The summed E-state index contributed by atoms with van der Waals surface area (Å²) < 4.78 is 0. The van der Waals surface area contributed by atoms with Crippen LogP contribution in [0.3, 0.4) is 0 Å². The van der Waals surface area contributed by atoms with Crippen LogP contribution >= 0.6 is 0 Å². The zero-order valence-corrected chi connectivity index (χ0v) is 9.30. The molecular weight excluding hydrogens is 190 g/mol. The van der Waals surface area contributed by atoms with Gasteiger partial charge in [0.1, 0.15) is 6.29 Å². The van der Waals surface area contributed by atoms with Crippen LogP contribution in [0.15, 0.2) is 11.3 Å². The lowest BCUT2D eigenvalue weighted by Crippen LogP contribution is -2.11. The first-order valence-electron chi connectivity index (χ1n) is 5.96. The largest absolute Gasteiger partial charge is 0.298 e. The molecule has 86 valence electrons. The quantitative estimate of drug-likeness (QED) is 0.545. The van der Waals surface area contributed by atoms with Crippen molar-refractivity contribution in [1.82, 2.24) is 5.48 Å². The van der Waals surface area contributed by atoms with Crippen molar-refractivity contribution in [2.75, 3.05) is 0 Å². The molecule has 0 aromatic heterocycles. The van der Waals surface area contributed by atoms with E-state index in [2.05, 4.69) is 5.48 Å². The molecule has 0 aliphatic heterocycles. The van der Waals surface area contributed by atoms with Gasteiger partial charge in [-0.05, 0) is 25.7 Å². The summed E-state index contributed by atoms with van der Waals surface area (Å²) in [6, 6.07) is 0. The van der Waals surface area contributed by atoms with Gasteiger partial charge in [-0.25, -0.2) is 0 Å². The Kier molecular flexibility index (Phi) is 6.09. The number of allylic oxidation sites excluding steroid dienone is 2. The summed E-state index contributed by atoms with van der Waals surface area (Å²) in [6.45, 7) is 0. The van der Waals surface area contributed by atoms with Gasteiger partial charge in [-0.1, -0.05) is 32.1 Å². The second kappa shape index (κ2) is 7.46. The molecule has 0 unspecified atom stereocenters. The number of nitrogens with one attached hydrogen (secondary N) is 1. The fourth-order valence-electron chi connectivity index (χ4n) is 2.07. The molecule has 1 rings (SSSR count). The number of rotatable bonds is 2. The van der Waals surface area contributed by atoms with Crippen LogP contribution in [0.1, 0.15) is 57.8 Å². The normalized spacial score (nSPS) is 25.4. The van der Waals surface area contributed by atoms with Gasteiger partial charge >= 0.3 is 0 Å². The second-order valence-corrected chi connectivity index (χ2v) is 4.21. The van der Waals surface area contributed by atoms with Crippen LogP contribution in [0.4, 0.5) is 0 Å². The third-order valence-corrected chi connectivity index (χ3v) is 3.04. The van der Waals surface area contributed by atoms with Crippen LogP contribution in [-0.2, 0) is 4.79 Å². The lowest BCUT2D eigenvalue weighted by Gasteiger charge is -2.08. The van der Waals surface area contributed by atoms with Gasteiger partial charge in [0.15, 0.2) is 0 Å². The van der Waals surface area contributed by atoms with Crippen molar-refractivity contribution in [3.05, 3.63) is 11.3 Å². The molecule has 2 N–H and O–H groups in total. The van der Waals surface area contributed by atoms with Gasteiger partial charge in [0.05, 0.1) is 0 Å². The molecule has 1 aliphatic carbocycles. The average Bonchev–Trinajstić information content (AvgIpc) is 2.32. The van der Waals surface area contributed by atoms with Crippen LogP contribution in [0, 0.1) is 0 Å². The topological polar surface area (TPSA) is 49.3 Å². The number of aldehydes is 1. The molecular formula is C12H21NO2. The first-order valence-corrected chi connectivity index (χ1v) is 5.96. The predicted octanol–water partition coefficient (Wildman–Crippen LogP) is 2.94. The Hall–Kier alpha value is -0.830. The van der Waals surface area contributed by atoms with Crippen molar-refractivity contribution in [2.45, 2.75) is 57.8 Å². The second-order valence-electron chi connectivity index (χ2n) is 4.21. The van der Waals surface area contributed by atoms with Gasteiger partial charge in [-0.3, -0.25) is 15.5 Å². The standard InChI is InChI=1S/C12H21NO2/c14-10-11-8-6-4-2-1-3-5-7-9-12(11)13-15/h10,13,15H,1-9H2/b12-11-. The molecule has 0 saturated carbocycles. The lowest BCUT2D eigenvalue weighted by atomic mass is 10.0. The minimum absolute atomic E-state index is 0.729. The van der Waals surface area contributed by atoms with Gasteiger partial charge in [-0.15, -0.1) is 0 Å². The molecule has 15 heavy (non-hydrogen) atoms. The van der Waals surface area contributed by atoms with E-state index in [-0.39, 0.29) is 0 Å². The highest BCUT2D eigenvalue weighted by Crippen LogP contribution is 2.19. The third kappa shape index (κ3) is 4.47. The van der Waals surface area contributed by atoms with E-state index in [9.17, 15) is 4.79 Å². The Morgan fingerprint density at radius 2 is 1.47 bits per heavy atom. The minimum Gasteiger partial charge on any atom is -0.298 e. The van der Waals surface area contributed by atoms with E-state index in [4.69, 9.17) is 5.21 Å². The highest BCUT2D eigenvalue weighted by Gasteiger charge is 2.07. The van der Waals surface area contributed by atoms with Crippen LogP contribution in [0.2, 0.25) is 0 Å². The number of carbonyl (C=O) groups is 1. The van der Waals surface area contributed by atoms with Gasteiger partial charge in [0, 0.05) is 11.3 Å². The smallest absolute Gasteiger partial charge is 0.147 e. The molecule has 0 bridgehead atoms. The fraction of sp³-hybridized carbons (Fsp3) is 0.750. The minimum atomic E-state index is 0.729. The SMILES string of the molecule is O=C/C1=C(\NO)CCCCCCCCC1. The van der Waals surface area contributed by atoms with Gasteiger partial charge in [-0.2, -0.15) is 0 Å². The molecule has 0 aromatic carbocycles.